The van der Waals surface area contributed by atoms with E-state index in [1.165, 1.54) is 17.0 Å². The zero-order chi connectivity index (χ0) is 15.5. The maximum absolute atomic E-state index is 6.46. The van der Waals surface area contributed by atoms with Crippen molar-refractivity contribution < 1.29 is 0 Å². The van der Waals surface area contributed by atoms with E-state index in [9.17, 15) is 0 Å². The van der Waals surface area contributed by atoms with Gasteiger partial charge >= 0.3 is 0 Å². The highest BCUT2D eigenvalue weighted by Gasteiger charge is 2.28. The summed E-state index contributed by atoms with van der Waals surface area (Å²) in [6.07, 6.45) is 0. The first-order valence-corrected chi connectivity index (χ1v) is 9.12. The number of halogens is 1. The third-order valence-corrected chi connectivity index (χ3v) is 5.37. The highest BCUT2D eigenvalue weighted by Crippen LogP contribution is 2.35. The van der Waals surface area contributed by atoms with Crippen LogP contribution in [0.4, 0.5) is 5.69 Å². The van der Waals surface area contributed by atoms with Crippen LogP contribution in [0.15, 0.2) is 18.2 Å². The molecule has 0 atom stereocenters. The smallest absolute Gasteiger partial charge is 0.0471 e. The van der Waals surface area contributed by atoms with Gasteiger partial charge in [0.05, 0.1) is 0 Å². The van der Waals surface area contributed by atoms with Crippen LogP contribution in [-0.4, -0.2) is 30.1 Å². The molecule has 0 radical (unpaired) electrons. The van der Waals surface area contributed by atoms with E-state index < -0.39 is 0 Å². The summed E-state index contributed by atoms with van der Waals surface area (Å²) < 4.78 is 0.309. The van der Waals surface area contributed by atoms with Gasteiger partial charge in [-0.1, -0.05) is 31.5 Å². The Balaban J connectivity index is 2.16. The van der Waals surface area contributed by atoms with Crippen LogP contribution >= 0.6 is 23.4 Å². The molecule has 0 bridgehead atoms. The standard InChI is InChI=1S/C17H27ClN2S/c1-13(2)10-19-11-14-15(18)6-5-7-16(14)20-8-9-21-17(3,4)12-20/h5-7,13,19H,8-12H2,1-4H3. The minimum Gasteiger partial charge on any atom is -0.369 e. The van der Waals surface area contributed by atoms with Gasteiger partial charge in [0.15, 0.2) is 0 Å². The van der Waals surface area contributed by atoms with Crippen LogP contribution in [0.1, 0.15) is 33.3 Å². The van der Waals surface area contributed by atoms with Gasteiger partial charge in [-0.15, -0.1) is 0 Å². The van der Waals surface area contributed by atoms with Crippen molar-refractivity contribution in [3.63, 3.8) is 0 Å². The number of anilines is 1. The molecule has 2 nitrogen and oxygen atoms in total. The molecule has 0 spiro atoms. The zero-order valence-electron chi connectivity index (χ0n) is 13.6. The van der Waals surface area contributed by atoms with Crippen LogP contribution < -0.4 is 10.2 Å². The zero-order valence-corrected chi connectivity index (χ0v) is 15.2. The second-order valence-corrected chi connectivity index (χ2v) is 9.00. The lowest BCUT2D eigenvalue weighted by atomic mass is 10.1. The predicted octanol–water partition coefficient (Wildman–Crippen LogP) is 4.42. The quantitative estimate of drug-likeness (QED) is 0.862. The second kappa shape index (κ2) is 7.26. The molecule has 1 heterocycles. The Hall–Kier alpha value is -0.380. The summed E-state index contributed by atoms with van der Waals surface area (Å²) in [5.74, 6) is 1.83. The summed E-state index contributed by atoms with van der Waals surface area (Å²) in [6, 6.07) is 6.28. The van der Waals surface area contributed by atoms with Crippen molar-refractivity contribution >= 4 is 29.1 Å². The molecule has 0 amide bonds. The van der Waals surface area contributed by atoms with E-state index in [0.717, 1.165) is 31.2 Å². The lowest BCUT2D eigenvalue weighted by Crippen LogP contribution is -2.43. The second-order valence-electron chi connectivity index (χ2n) is 6.79. The maximum Gasteiger partial charge on any atom is 0.0471 e. The van der Waals surface area contributed by atoms with Crippen LogP contribution in [-0.2, 0) is 6.54 Å². The SMILES string of the molecule is CC(C)CNCc1c(Cl)cccc1N1CCSC(C)(C)C1. The topological polar surface area (TPSA) is 15.3 Å². The fourth-order valence-corrected chi connectivity index (χ4v) is 4.07. The Morgan fingerprint density at radius 3 is 2.81 bits per heavy atom. The summed E-state index contributed by atoms with van der Waals surface area (Å²) >= 11 is 8.52. The van der Waals surface area contributed by atoms with Gasteiger partial charge < -0.3 is 10.2 Å². The first-order chi connectivity index (χ1) is 9.89. The van der Waals surface area contributed by atoms with Crippen molar-refractivity contribution in [3.8, 4) is 0 Å². The molecule has 1 saturated heterocycles. The normalized spacial score (nSPS) is 18.3. The Bertz CT molecular complexity index is 474. The molecule has 1 aromatic rings. The Morgan fingerprint density at radius 1 is 1.38 bits per heavy atom. The number of hydrogen-bond acceptors (Lipinski definition) is 3. The molecule has 1 fully saturated rings. The van der Waals surface area contributed by atoms with Crippen molar-refractivity contribution in [1.82, 2.24) is 5.32 Å². The molecule has 2 rings (SSSR count). The first kappa shape index (κ1) is 17.0. The molecule has 118 valence electrons. The highest BCUT2D eigenvalue weighted by molar-refractivity contribution is 8.00. The molecule has 1 aromatic carbocycles. The molecular formula is C17H27ClN2S. The highest BCUT2D eigenvalue weighted by atomic mass is 35.5. The summed E-state index contributed by atoms with van der Waals surface area (Å²) in [5, 5.41) is 4.40. The largest absolute Gasteiger partial charge is 0.369 e. The van der Waals surface area contributed by atoms with Crippen LogP contribution in [0.2, 0.25) is 5.02 Å². The molecule has 4 heteroatoms. The van der Waals surface area contributed by atoms with E-state index in [2.05, 4.69) is 61.8 Å². The average molecular weight is 327 g/mol. The van der Waals surface area contributed by atoms with E-state index >= 15 is 0 Å². The Labute approximate surface area is 138 Å². The van der Waals surface area contributed by atoms with E-state index in [0.29, 0.717) is 10.7 Å². The summed E-state index contributed by atoms with van der Waals surface area (Å²) in [7, 11) is 0. The van der Waals surface area contributed by atoms with Gasteiger partial charge in [-0.2, -0.15) is 11.8 Å². The van der Waals surface area contributed by atoms with Crippen molar-refractivity contribution in [1.29, 1.82) is 0 Å². The third-order valence-electron chi connectivity index (χ3n) is 3.71. The van der Waals surface area contributed by atoms with Gasteiger partial charge in [-0.05, 0) is 38.4 Å². The van der Waals surface area contributed by atoms with Gasteiger partial charge in [0.2, 0.25) is 0 Å². The number of nitrogens with zero attached hydrogens (tertiary/aromatic N) is 1. The van der Waals surface area contributed by atoms with Gasteiger partial charge in [-0.3, -0.25) is 0 Å². The minimum absolute atomic E-state index is 0.309. The minimum atomic E-state index is 0.309. The lowest BCUT2D eigenvalue weighted by molar-refractivity contribution is 0.551. The van der Waals surface area contributed by atoms with E-state index in [1.807, 2.05) is 6.07 Å². The van der Waals surface area contributed by atoms with Crippen LogP contribution in [0.5, 0.6) is 0 Å². The van der Waals surface area contributed by atoms with Crippen molar-refractivity contribution in [2.45, 2.75) is 39.0 Å². The van der Waals surface area contributed by atoms with Crippen molar-refractivity contribution in [3.05, 3.63) is 28.8 Å². The van der Waals surface area contributed by atoms with Gasteiger partial charge in [0, 0.05) is 46.4 Å². The van der Waals surface area contributed by atoms with E-state index in [4.69, 9.17) is 11.6 Å². The Morgan fingerprint density at radius 2 is 2.14 bits per heavy atom. The third kappa shape index (κ3) is 4.80. The monoisotopic (exact) mass is 326 g/mol. The number of thioether (sulfide) groups is 1. The fraction of sp³-hybridized carbons (Fsp3) is 0.647. The van der Waals surface area contributed by atoms with Crippen LogP contribution in [0, 0.1) is 5.92 Å². The molecule has 1 N–H and O–H groups in total. The molecule has 0 aromatic heterocycles. The van der Waals surface area contributed by atoms with E-state index in [-0.39, 0.29) is 0 Å². The van der Waals surface area contributed by atoms with Crippen molar-refractivity contribution in [2.24, 2.45) is 5.92 Å². The van der Waals surface area contributed by atoms with Gasteiger partial charge in [0.25, 0.3) is 0 Å². The predicted molar refractivity (Wildman–Crippen MR) is 96.7 cm³/mol. The molecule has 0 aliphatic carbocycles. The number of nitrogens with one attached hydrogen (secondary N) is 1. The summed E-state index contributed by atoms with van der Waals surface area (Å²) in [5.41, 5.74) is 2.54. The summed E-state index contributed by atoms with van der Waals surface area (Å²) in [6.45, 7) is 13.1. The number of benzene rings is 1. The van der Waals surface area contributed by atoms with E-state index in [1.54, 1.807) is 0 Å². The maximum atomic E-state index is 6.46. The summed E-state index contributed by atoms with van der Waals surface area (Å²) in [4.78, 5) is 2.49. The Kier molecular flexibility index (Phi) is 5.87. The van der Waals surface area contributed by atoms with Crippen LogP contribution in [0.3, 0.4) is 0 Å². The van der Waals surface area contributed by atoms with Crippen molar-refractivity contribution in [2.75, 3.05) is 30.3 Å². The van der Waals surface area contributed by atoms with Gasteiger partial charge in [-0.25, -0.2) is 0 Å². The molecule has 21 heavy (non-hydrogen) atoms. The number of rotatable bonds is 5. The molecule has 1 aliphatic heterocycles. The molecule has 0 saturated carbocycles. The molecular weight excluding hydrogens is 300 g/mol. The van der Waals surface area contributed by atoms with Crippen LogP contribution in [0.25, 0.3) is 0 Å². The average Bonchev–Trinajstić information content (AvgIpc) is 2.39. The molecule has 0 unspecified atom stereocenters. The first-order valence-electron chi connectivity index (χ1n) is 7.76. The molecule has 1 aliphatic rings. The fourth-order valence-electron chi connectivity index (χ4n) is 2.73. The van der Waals surface area contributed by atoms with Gasteiger partial charge in [0.1, 0.15) is 0 Å². The number of hydrogen-bond donors (Lipinski definition) is 1. The lowest BCUT2D eigenvalue weighted by Gasteiger charge is -2.40.